The summed E-state index contributed by atoms with van der Waals surface area (Å²) < 4.78 is 5.27. The van der Waals surface area contributed by atoms with Crippen LogP contribution in [0.2, 0.25) is 0 Å². The van der Waals surface area contributed by atoms with Crippen molar-refractivity contribution in [1.29, 1.82) is 0 Å². The zero-order valence-electron chi connectivity index (χ0n) is 16.3. The van der Waals surface area contributed by atoms with E-state index >= 15 is 0 Å². The molecule has 2 aromatic rings. The Morgan fingerprint density at radius 2 is 1.78 bits per heavy atom. The summed E-state index contributed by atoms with van der Waals surface area (Å²) in [5, 5.41) is 2.88. The fourth-order valence-corrected chi connectivity index (χ4v) is 2.82. The smallest absolute Gasteiger partial charge is 0.242 e. The second kappa shape index (κ2) is 10.4. The Hall–Kier alpha value is -2.82. The van der Waals surface area contributed by atoms with Crippen LogP contribution in [0.1, 0.15) is 31.4 Å². The Bertz CT molecular complexity index is 746. The molecule has 144 valence electrons. The Morgan fingerprint density at radius 3 is 2.44 bits per heavy atom. The van der Waals surface area contributed by atoms with E-state index in [0.29, 0.717) is 13.1 Å². The lowest BCUT2D eigenvalue weighted by Gasteiger charge is -2.29. The third-order valence-corrected chi connectivity index (χ3v) is 4.40. The first-order chi connectivity index (χ1) is 13.0. The molecule has 5 nitrogen and oxygen atoms in total. The van der Waals surface area contributed by atoms with Crippen LogP contribution in [0.5, 0.6) is 5.75 Å². The summed E-state index contributed by atoms with van der Waals surface area (Å²) in [5.41, 5.74) is 1.85. The average molecular weight is 368 g/mol. The first-order valence-electron chi connectivity index (χ1n) is 9.29. The molecule has 0 saturated heterocycles. The van der Waals surface area contributed by atoms with Gasteiger partial charge in [0.15, 0.2) is 0 Å². The molecule has 0 unspecified atom stereocenters. The van der Waals surface area contributed by atoms with Gasteiger partial charge in [-0.2, -0.15) is 0 Å². The van der Waals surface area contributed by atoms with E-state index in [-0.39, 0.29) is 18.2 Å². The molecular formula is C22H28N2O3. The Kier molecular flexibility index (Phi) is 7.86. The van der Waals surface area contributed by atoms with E-state index in [2.05, 4.69) is 5.32 Å². The van der Waals surface area contributed by atoms with Crippen LogP contribution >= 0.6 is 0 Å². The van der Waals surface area contributed by atoms with Crippen LogP contribution in [-0.2, 0) is 22.6 Å². The van der Waals surface area contributed by atoms with E-state index in [1.807, 2.05) is 61.5 Å². The molecule has 0 fully saturated rings. The molecule has 1 atom stereocenters. The largest absolute Gasteiger partial charge is 0.497 e. The van der Waals surface area contributed by atoms with Crippen molar-refractivity contribution >= 4 is 11.8 Å². The highest BCUT2D eigenvalue weighted by molar-refractivity contribution is 5.88. The second-order valence-corrected chi connectivity index (χ2v) is 6.50. The maximum atomic E-state index is 13.0. The molecule has 2 amide bonds. The van der Waals surface area contributed by atoms with Gasteiger partial charge in [0, 0.05) is 13.1 Å². The minimum absolute atomic E-state index is 0.0804. The van der Waals surface area contributed by atoms with Crippen molar-refractivity contribution in [2.24, 2.45) is 0 Å². The molecule has 0 aliphatic rings. The number of nitrogens with zero attached hydrogens (tertiary/aromatic N) is 1. The number of ether oxygens (including phenoxy) is 1. The van der Waals surface area contributed by atoms with Crippen molar-refractivity contribution in [2.45, 2.75) is 39.3 Å². The highest BCUT2D eigenvalue weighted by Gasteiger charge is 2.26. The molecule has 0 saturated carbocycles. The van der Waals surface area contributed by atoms with Crippen molar-refractivity contribution in [2.75, 3.05) is 13.7 Å². The van der Waals surface area contributed by atoms with Gasteiger partial charge in [-0.05, 0) is 36.6 Å². The number of hydrogen-bond donors (Lipinski definition) is 1. The average Bonchev–Trinajstić information content (AvgIpc) is 2.70. The summed E-state index contributed by atoms with van der Waals surface area (Å²) in [6.07, 6.45) is 1.11. The van der Waals surface area contributed by atoms with Crippen LogP contribution in [0.4, 0.5) is 0 Å². The molecule has 27 heavy (non-hydrogen) atoms. The Morgan fingerprint density at radius 1 is 1.07 bits per heavy atom. The lowest BCUT2D eigenvalue weighted by molar-refractivity contribution is -0.140. The second-order valence-electron chi connectivity index (χ2n) is 6.50. The van der Waals surface area contributed by atoms with Crippen molar-refractivity contribution in [3.05, 3.63) is 65.7 Å². The first-order valence-corrected chi connectivity index (χ1v) is 9.29. The third-order valence-electron chi connectivity index (χ3n) is 4.40. The minimum atomic E-state index is -0.557. The van der Waals surface area contributed by atoms with E-state index in [1.165, 1.54) is 0 Å². The lowest BCUT2D eigenvalue weighted by Crippen LogP contribution is -2.48. The number of rotatable bonds is 9. The van der Waals surface area contributed by atoms with E-state index in [9.17, 15) is 9.59 Å². The molecule has 1 N–H and O–H groups in total. The molecule has 2 aromatic carbocycles. The summed E-state index contributed by atoms with van der Waals surface area (Å²) in [6.45, 7) is 4.72. The molecule has 0 heterocycles. The van der Waals surface area contributed by atoms with Crippen LogP contribution in [0.25, 0.3) is 0 Å². The van der Waals surface area contributed by atoms with Gasteiger partial charge in [-0.1, -0.05) is 49.4 Å². The van der Waals surface area contributed by atoms with E-state index in [1.54, 1.807) is 18.9 Å². The number of hydrogen-bond acceptors (Lipinski definition) is 3. The van der Waals surface area contributed by atoms with E-state index in [0.717, 1.165) is 23.3 Å². The SMILES string of the molecule is CCCNC(=O)[C@@H](C)N(Cc1cccc(OC)c1)C(=O)Cc1ccccc1. The fourth-order valence-electron chi connectivity index (χ4n) is 2.82. The predicted molar refractivity (Wildman–Crippen MR) is 106 cm³/mol. The number of carbonyl (C=O) groups is 2. The van der Waals surface area contributed by atoms with Crippen LogP contribution in [0.3, 0.4) is 0 Å². The van der Waals surface area contributed by atoms with Crippen LogP contribution in [0.15, 0.2) is 54.6 Å². The molecule has 0 aliphatic carbocycles. The van der Waals surface area contributed by atoms with E-state index in [4.69, 9.17) is 4.74 Å². The predicted octanol–water partition coefficient (Wildman–Crippen LogP) is 3.18. The summed E-state index contributed by atoms with van der Waals surface area (Å²) >= 11 is 0. The van der Waals surface area contributed by atoms with Crippen molar-refractivity contribution in [3.63, 3.8) is 0 Å². The molecular weight excluding hydrogens is 340 g/mol. The summed E-state index contributed by atoms with van der Waals surface area (Å²) in [6, 6.07) is 16.6. The zero-order valence-corrected chi connectivity index (χ0v) is 16.3. The molecule has 0 spiro atoms. The maximum Gasteiger partial charge on any atom is 0.242 e. The van der Waals surface area contributed by atoms with Crippen molar-refractivity contribution in [1.82, 2.24) is 10.2 Å². The van der Waals surface area contributed by atoms with Gasteiger partial charge in [-0.25, -0.2) is 0 Å². The van der Waals surface area contributed by atoms with Gasteiger partial charge in [0.1, 0.15) is 11.8 Å². The molecule has 0 aliphatic heterocycles. The lowest BCUT2D eigenvalue weighted by atomic mass is 10.1. The normalized spacial score (nSPS) is 11.5. The van der Waals surface area contributed by atoms with E-state index < -0.39 is 6.04 Å². The highest BCUT2D eigenvalue weighted by Crippen LogP contribution is 2.17. The number of amides is 2. The van der Waals surface area contributed by atoms with Gasteiger partial charge in [0.2, 0.25) is 11.8 Å². The quantitative estimate of drug-likeness (QED) is 0.740. The van der Waals surface area contributed by atoms with Crippen molar-refractivity contribution in [3.8, 4) is 5.75 Å². The van der Waals surface area contributed by atoms with Gasteiger partial charge in [-0.3, -0.25) is 9.59 Å². The molecule has 2 rings (SSSR count). The molecule has 0 aromatic heterocycles. The molecule has 0 radical (unpaired) electrons. The zero-order chi connectivity index (χ0) is 19.6. The van der Waals surface area contributed by atoms with Gasteiger partial charge in [-0.15, -0.1) is 0 Å². The summed E-state index contributed by atoms with van der Waals surface area (Å²) in [5.74, 6) is 0.510. The topological polar surface area (TPSA) is 58.6 Å². The van der Waals surface area contributed by atoms with Crippen LogP contribution < -0.4 is 10.1 Å². The Labute approximate surface area is 161 Å². The summed E-state index contributed by atoms with van der Waals surface area (Å²) in [7, 11) is 1.61. The van der Waals surface area contributed by atoms with Gasteiger partial charge >= 0.3 is 0 Å². The maximum absolute atomic E-state index is 13.0. The van der Waals surface area contributed by atoms with Crippen LogP contribution in [-0.4, -0.2) is 36.4 Å². The Balaban J connectivity index is 2.20. The van der Waals surface area contributed by atoms with Crippen LogP contribution in [0, 0.1) is 0 Å². The number of nitrogens with one attached hydrogen (secondary N) is 1. The van der Waals surface area contributed by atoms with Gasteiger partial charge in [0.25, 0.3) is 0 Å². The third kappa shape index (κ3) is 6.13. The monoisotopic (exact) mass is 368 g/mol. The first kappa shape index (κ1) is 20.5. The standard InChI is InChI=1S/C22H28N2O3/c1-4-13-23-22(26)17(2)24(16-19-11-8-12-20(14-19)27-3)21(25)15-18-9-6-5-7-10-18/h5-12,14,17H,4,13,15-16H2,1-3H3,(H,23,26)/t17-/m1/s1. The van der Waals surface area contributed by atoms with Crippen molar-refractivity contribution < 1.29 is 14.3 Å². The summed E-state index contributed by atoms with van der Waals surface area (Å²) in [4.78, 5) is 27.1. The van der Waals surface area contributed by atoms with Gasteiger partial charge in [0.05, 0.1) is 13.5 Å². The number of carbonyl (C=O) groups excluding carboxylic acids is 2. The fraction of sp³-hybridized carbons (Fsp3) is 0.364. The number of benzene rings is 2. The molecule has 0 bridgehead atoms. The molecule has 5 heteroatoms. The van der Waals surface area contributed by atoms with Gasteiger partial charge < -0.3 is 15.0 Å². The number of methoxy groups -OCH3 is 1. The highest BCUT2D eigenvalue weighted by atomic mass is 16.5. The minimum Gasteiger partial charge on any atom is -0.497 e.